The summed E-state index contributed by atoms with van der Waals surface area (Å²) in [4.78, 5) is 21.6. The summed E-state index contributed by atoms with van der Waals surface area (Å²) < 4.78 is 60.7. The van der Waals surface area contributed by atoms with Crippen LogP contribution in [0.15, 0.2) is 0 Å². The average Bonchev–Trinajstić information content (AvgIpc) is 1.55. The van der Waals surface area contributed by atoms with E-state index in [1.165, 1.54) is 0 Å². The molecular weight excluding hydrogens is 221 g/mol. The molecule has 3 N–H and O–H groups in total. The van der Waals surface area contributed by atoms with Crippen molar-refractivity contribution in [1.29, 1.82) is 0 Å². The molecule has 0 aromatic rings. The van der Waals surface area contributed by atoms with Gasteiger partial charge in [0.25, 0.3) is 0 Å². The smallest absolute Gasteiger partial charge is 0.412 e. The van der Waals surface area contributed by atoms with E-state index >= 15 is 0 Å². The van der Waals surface area contributed by atoms with Crippen molar-refractivity contribution in [1.82, 2.24) is 0 Å². The normalized spacial score (nSPS) is 11.5. The van der Waals surface area contributed by atoms with Crippen LogP contribution in [0.4, 0.5) is 22.0 Å². The number of hydrogen-bond acceptors (Lipinski definition) is 1. The summed E-state index contributed by atoms with van der Waals surface area (Å²) in [6.07, 6.45) is -8.92. The van der Waals surface area contributed by atoms with Gasteiger partial charge in [-0.1, -0.05) is 0 Å². The molecule has 0 fully saturated rings. The van der Waals surface area contributed by atoms with Crippen molar-refractivity contribution in [3.63, 3.8) is 0 Å². The first-order valence-corrected chi connectivity index (χ1v) is 3.54. The van der Waals surface area contributed by atoms with Gasteiger partial charge in [0, 0.05) is 0 Å². The van der Waals surface area contributed by atoms with Gasteiger partial charge in [-0.25, -0.2) is 17.7 Å². The second-order valence-electron chi connectivity index (χ2n) is 1.27. The molecule has 76 valence electrons. The van der Waals surface area contributed by atoms with Crippen LogP contribution >= 0.6 is 7.82 Å². The molecule has 0 radical (unpaired) electrons. The predicted molar refractivity (Wildman–Crippen MR) is 25.8 cm³/mol. The molecule has 11 heteroatoms. The van der Waals surface area contributed by atoms with Gasteiger partial charge < -0.3 is 23.5 Å². The van der Waals surface area contributed by atoms with Gasteiger partial charge >= 0.3 is 32.9 Å². The Morgan fingerprint density at radius 2 is 1.15 bits per heavy atom. The standard InChI is InChI=1S/C2F5.Li.H3O4P/c3-1(4)2(5,6)7;;1-5(2,3)4/h;;(H3,1,2,3,4)/q-1;+1;. The van der Waals surface area contributed by atoms with E-state index in [-0.39, 0.29) is 18.9 Å². The van der Waals surface area contributed by atoms with Gasteiger partial charge in [-0.05, 0) is 0 Å². The second-order valence-corrected chi connectivity index (χ2v) is 2.30. The van der Waals surface area contributed by atoms with Crippen molar-refractivity contribution in [3.05, 3.63) is 6.43 Å². The third kappa shape index (κ3) is 32.8. The predicted octanol–water partition coefficient (Wildman–Crippen LogP) is -1.95. The van der Waals surface area contributed by atoms with Gasteiger partial charge in [0.2, 0.25) is 0 Å². The molecule has 0 heterocycles. The first-order chi connectivity index (χ1) is 4.94. The Hall–Kier alpha value is 0.357. The molecule has 0 aliphatic carbocycles. The zero-order chi connectivity index (χ0) is 10.6. The number of alkyl halides is 3. The molecule has 0 aliphatic rings. The van der Waals surface area contributed by atoms with E-state index in [1.807, 2.05) is 0 Å². The number of hydrogen-bond donors (Lipinski definition) is 3. The SMILES string of the molecule is F[C-](F)C(F)(F)F.O=P(O)(O)O.[Li+]. The Morgan fingerprint density at radius 3 is 1.15 bits per heavy atom. The van der Waals surface area contributed by atoms with Crippen molar-refractivity contribution in [3.8, 4) is 0 Å². The van der Waals surface area contributed by atoms with Crippen LogP contribution in [0.2, 0.25) is 0 Å². The number of rotatable bonds is 0. The molecule has 0 amide bonds. The molecule has 0 unspecified atom stereocenters. The minimum absolute atomic E-state index is 0. The maximum atomic E-state index is 10.4. The van der Waals surface area contributed by atoms with Crippen LogP contribution in [0.5, 0.6) is 0 Å². The quantitative estimate of drug-likeness (QED) is 0.193. The molecule has 0 aromatic heterocycles. The summed E-state index contributed by atoms with van der Waals surface area (Å²) in [6, 6.07) is 0. The van der Waals surface area contributed by atoms with Crippen LogP contribution in [-0.2, 0) is 4.57 Å². The van der Waals surface area contributed by atoms with Gasteiger partial charge in [0.15, 0.2) is 0 Å². The van der Waals surface area contributed by atoms with Gasteiger partial charge in [0.05, 0.1) is 0 Å². The molecule has 0 rings (SSSR count). The summed E-state index contributed by atoms with van der Waals surface area (Å²) in [5.74, 6) is 0. The molecular formula is C2H3F5LiO4P. The van der Waals surface area contributed by atoms with Crippen LogP contribution in [0.25, 0.3) is 0 Å². The molecule has 13 heavy (non-hydrogen) atoms. The third-order valence-corrected chi connectivity index (χ3v) is 0.214. The maximum Gasteiger partial charge on any atom is 1.00 e. The first-order valence-electron chi connectivity index (χ1n) is 1.98. The molecule has 0 saturated heterocycles. The summed E-state index contributed by atoms with van der Waals surface area (Å²) in [7, 11) is -4.64. The summed E-state index contributed by atoms with van der Waals surface area (Å²) >= 11 is 0. The van der Waals surface area contributed by atoms with E-state index in [9.17, 15) is 22.0 Å². The second kappa shape index (κ2) is 6.76. The van der Waals surface area contributed by atoms with Crippen LogP contribution in [-0.4, -0.2) is 20.9 Å². The summed E-state index contributed by atoms with van der Waals surface area (Å²) in [5.41, 5.74) is 0. The fraction of sp³-hybridized carbons (Fsp3) is 0.500. The molecule has 0 atom stereocenters. The Labute approximate surface area is 81.2 Å². The molecule has 0 spiro atoms. The van der Waals surface area contributed by atoms with Crippen molar-refractivity contribution in [2.75, 3.05) is 0 Å². The Bertz CT molecular complexity index is 156. The largest absolute Gasteiger partial charge is 1.00 e. The number of phosphoric acid groups is 1. The van der Waals surface area contributed by atoms with Crippen molar-refractivity contribution < 1.29 is 60.1 Å². The minimum Gasteiger partial charge on any atom is -0.412 e. The maximum absolute atomic E-state index is 10.4. The van der Waals surface area contributed by atoms with Gasteiger partial charge in [0.1, 0.15) is 6.43 Å². The van der Waals surface area contributed by atoms with Gasteiger partial charge in [-0.3, -0.25) is 0 Å². The van der Waals surface area contributed by atoms with E-state index in [0.29, 0.717) is 0 Å². The van der Waals surface area contributed by atoms with Crippen LogP contribution in [0.3, 0.4) is 0 Å². The summed E-state index contributed by atoms with van der Waals surface area (Å²) in [6.45, 7) is 0. The summed E-state index contributed by atoms with van der Waals surface area (Å²) in [5, 5.41) is 0. The molecule has 4 nitrogen and oxygen atoms in total. The Morgan fingerprint density at radius 1 is 1.08 bits per heavy atom. The monoisotopic (exact) mass is 224 g/mol. The van der Waals surface area contributed by atoms with E-state index in [0.717, 1.165) is 0 Å². The van der Waals surface area contributed by atoms with Crippen molar-refractivity contribution in [2.24, 2.45) is 0 Å². The van der Waals surface area contributed by atoms with Gasteiger partial charge in [-0.15, -0.1) is 0 Å². The fourth-order valence-corrected chi connectivity index (χ4v) is 0. The van der Waals surface area contributed by atoms with E-state index in [4.69, 9.17) is 19.2 Å². The van der Waals surface area contributed by atoms with Crippen molar-refractivity contribution in [2.45, 2.75) is 6.18 Å². The van der Waals surface area contributed by atoms with E-state index < -0.39 is 20.4 Å². The van der Waals surface area contributed by atoms with Crippen LogP contribution in [0.1, 0.15) is 0 Å². The third-order valence-electron chi connectivity index (χ3n) is 0.214. The minimum atomic E-state index is -5.42. The van der Waals surface area contributed by atoms with E-state index in [2.05, 4.69) is 0 Å². The molecule has 0 bridgehead atoms. The first kappa shape index (κ1) is 19.0. The zero-order valence-corrected chi connectivity index (χ0v) is 6.98. The van der Waals surface area contributed by atoms with Crippen LogP contribution < -0.4 is 18.9 Å². The van der Waals surface area contributed by atoms with Gasteiger partial charge in [-0.2, -0.15) is 0 Å². The fourth-order valence-electron chi connectivity index (χ4n) is 0. The topological polar surface area (TPSA) is 77.8 Å². The Kier molecular flexibility index (Phi) is 9.89. The van der Waals surface area contributed by atoms with Crippen LogP contribution in [0, 0.1) is 6.43 Å². The Balaban J connectivity index is -0.000000150. The molecule has 0 aliphatic heterocycles. The average molecular weight is 224 g/mol. The molecule has 0 saturated carbocycles. The number of halogens is 5. The van der Waals surface area contributed by atoms with Crippen molar-refractivity contribution >= 4 is 7.82 Å². The zero-order valence-electron chi connectivity index (χ0n) is 6.09. The molecule has 0 aromatic carbocycles. The van der Waals surface area contributed by atoms with E-state index in [1.54, 1.807) is 0 Å².